The molecule has 0 N–H and O–H groups in total. The molecule has 57 heavy (non-hydrogen) atoms. The summed E-state index contributed by atoms with van der Waals surface area (Å²) in [4.78, 5) is 14.9. The molecule has 0 amide bonds. The Bertz CT molecular complexity index is 3100. The first-order valence-electron chi connectivity index (χ1n) is 19.3. The van der Waals surface area contributed by atoms with Crippen molar-refractivity contribution in [3.8, 4) is 56.2 Å². The Labute approximate surface area is 330 Å². The van der Waals surface area contributed by atoms with Crippen LogP contribution < -0.4 is 0 Å². The fourth-order valence-corrected chi connectivity index (χ4v) is 9.17. The molecule has 0 atom stereocenters. The highest BCUT2D eigenvalue weighted by Crippen LogP contribution is 2.63. The van der Waals surface area contributed by atoms with Crippen LogP contribution in [0.4, 0.5) is 0 Å². The van der Waals surface area contributed by atoms with Crippen LogP contribution in [0.2, 0.25) is 0 Å². The lowest BCUT2D eigenvalue weighted by Crippen LogP contribution is -2.25. The molecule has 2 heterocycles. The summed E-state index contributed by atoms with van der Waals surface area (Å²) in [6, 6.07) is 56.6. The maximum absolute atomic E-state index is 6.82. The van der Waals surface area contributed by atoms with Crippen LogP contribution in [-0.4, -0.2) is 15.0 Å². The topological polar surface area (TPSA) is 51.8 Å². The number of aromatic nitrogens is 3. The van der Waals surface area contributed by atoms with Gasteiger partial charge >= 0.3 is 0 Å². The fourth-order valence-electron chi connectivity index (χ4n) is 9.17. The lowest BCUT2D eigenvalue weighted by Gasteiger charge is -2.30. The zero-order valence-electron chi connectivity index (χ0n) is 31.3. The molecule has 2 aliphatic carbocycles. The number of allylic oxidation sites excluding steroid dienone is 5. The average Bonchev–Trinajstić information content (AvgIpc) is 3.90. The number of nitrogens with zero attached hydrogens (tertiary/aromatic N) is 3. The molecular weight excluding hydrogens is 695 g/mol. The molecule has 1 spiro atoms. The van der Waals surface area contributed by atoms with Crippen molar-refractivity contribution in [3.63, 3.8) is 0 Å². The molecule has 4 heteroatoms. The lowest BCUT2D eigenvalue weighted by atomic mass is 9.70. The van der Waals surface area contributed by atoms with Crippen molar-refractivity contribution >= 4 is 27.5 Å². The monoisotopic (exact) mass is 729 g/mol. The van der Waals surface area contributed by atoms with E-state index in [0.29, 0.717) is 17.5 Å². The third-order valence-electron chi connectivity index (χ3n) is 11.7. The van der Waals surface area contributed by atoms with Gasteiger partial charge in [0, 0.05) is 16.3 Å². The Morgan fingerprint density at radius 3 is 1.81 bits per heavy atom. The molecule has 268 valence electrons. The number of fused-ring (bicyclic) bond motifs is 13. The van der Waals surface area contributed by atoms with E-state index in [9.17, 15) is 0 Å². The van der Waals surface area contributed by atoms with Gasteiger partial charge in [-0.2, -0.15) is 0 Å². The highest BCUT2D eigenvalue weighted by atomic mass is 16.3. The van der Waals surface area contributed by atoms with Crippen LogP contribution in [0, 0.1) is 0 Å². The van der Waals surface area contributed by atoms with Gasteiger partial charge in [-0.3, -0.25) is 0 Å². The van der Waals surface area contributed by atoms with E-state index in [1.165, 1.54) is 44.5 Å². The normalized spacial score (nSPS) is 13.6. The maximum Gasteiger partial charge on any atom is 0.167 e. The van der Waals surface area contributed by atoms with Crippen LogP contribution in [0.25, 0.3) is 83.7 Å². The van der Waals surface area contributed by atoms with Gasteiger partial charge in [0.2, 0.25) is 0 Å². The largest absolute Gasteiger partial charge is 0.455 e. The van der Waals surface area contributed by atoms with Gasteiger partial charge in [0.15, 0.2) is 17.5 Å². The molecule has 2 aliphatic rings. The standard InChI is InChI=1S/C53H35N3O/c1-3-4-6-16-33(2)50-54-51(34-17-7-5-8-18-34)56-52(55-50)43-23-15-22-42-41-30-28-36(32-48(41)57-49(42)43)35-27-29-40-39-21-11-14-26-46(39)53(47(40)31-35)44-24-12-9-19-37(44)38-20-10-13-25-45(38)53/h3-32H,1H2,2H3/b6-4-,33-16+. The van der Waals surface area contributed by atoms with E-state index in [2.05, 4.69) is 128 Å². The van der Waals surface area contributed by atoms with E-state index in [4.69, 9.17) is 19.4 Å². The third kappa shape index (κ3) is 4.90. The van der Waals surface area contributed by atoms with Gasteiger partial charge in [-0.25, -0.2) is 15.0 Å². The number of benzene rings is 7. The number of para-hydroxylation sites is 1. The van der Waals surface area contributed by atoms with Crippen molar-refractivity contribution in [1.29, 1.82) is 0 Å². The molecule has 9 aromatic rings. The van der Waals surface area contributed by atoms with Gasteiger partial charge in [-0.1, -0.05) is 164 Å². The number of furan rings is 1. The molecule has 0 saturated heterocycles. The van der Waals surface area contributed by atoms with Gasteiger partial charge in [0.05, 0.1) is 11.0 Å². The van der Waals surface area contributed by atoms with Crippen LogP contribution in [0.1, 0.15) is 35.0 Å². The summed E-state index contributed by atoms with van der Waals surface area (Å²) < 4.78 is 6.82. The summed E-state index contributed by atoms with van der Waals surface area (Å²) in [5.41, 5.74) is 16.6. The second-order valence-electron chi connectivity index (χ2n) is 14.8. The SMILES string of the molecule is C=C/C=C\C=C(/C)c1nc(-c2ccccc2)nc(-c2cccc3c2oc2cc(-c4ccc5c(c4)C4(c6ccccc6-c6ccccc64)c4ccccc4-5)ccc23)n1. The van der Waals surface area contributed by atoms with Crippen LogP contribution in [0.5, 0.6) is 0 Å². The smallest absolute Gasteiger partial charge is 0.167 e. The van der Waals surface area contributed by atoms with Gasteiger partial charge < -0.3 is 4.42 Å². The molecule has 0 radical (unpaired) electrons. The second kappa shape index (κ2) is 12.8. The molecule has 2 aromatic heterocycles. The summed E-state index contributed by atoms with van der Waals surface area (Å²) in [6.07, 6.45) is 7.57. The Balaban J connectivity index is 1.07. The summed E-state index contributed by atoms with van der Waals surface area (Å²) in [5.74, 6) is 1.77. The van der Waals surface area contributed by atoms with Crippen LogP contribution in [0.15, 0.2) is 193 Å². The van der Waals surface area contributed by atoms with E-state index in [0.717, 1.165) is 49.8 Å². The Kier molecular flexibility index (Phi) is 7.42. The molecule has 0 fully saturated rings. The Hall–Kier alpha value is -7.43. The first-order chi connectivity index (χ1) is 28.1. The third-order valence-corrected chi connectivity index (χ3v) is 11.7. The number of rotatable bonds is 6. The minimum atomic E-state index is -0.398. The van der Waals surface area contributed by atoms with Crippen LogP contribution in [-0.2, 0) is 5.41 Å². The van der Waals surface area contributed by atoms with Crippen molar-refractivity contribution < 1.29 is 4.42 Å². The van der Waals surface area contributed by atoms with Gasteiger partial charge in [-0.15, -0.1) is 0 Å². The zero-order valence-corrected chi connectivity index (χ0v) is 31.3. The van der Waals surface area contributed by atoms with Gasteiger partial charge in [0.25, 0.3) is 0 Å². The van der Waals surface area contributed by atoms with Crippen molar-refractivity contribution in [1.82, 2.24) is 15.0 Å². The highest BCUT2D eigenvalue weighted by molar-refractivity contribution is 6.10. The minimum absolute atomic E-state index is 0.398. The fraction of sp³-hybridized carbons (Fsp3) is 0.0377. The molecule has 11 rings (SSSR count). The van der Waals surface area contributed by atoms with E-state index in [1.807, 2.05) is 61.5 Å². The van der Waals surface area contributed by atoms with E-state index in [-0.39, 0.29) is 0 Å². The Morgan fingerprint density at radius 2 is 1.11 bits per heavy atom. The first kappa shape index (κ1) is 33.0. The van der Waals surface area contributed by atoms with E-state index >= 15 is 0 Å². The summed E-state index contributed by atoms with van der Waals surface area (Å²) in [6.45, 7) is 5.80. The summed E-state index contributed by atoms with van der Waals surface area (Å²) >= 11 is 0. The minimum Gasteiger partial charge on any atom is -0.455 e. The van der Waals surface area contributed by atoms with E-state index in [1.54, 1.807) is 6.08 Å². The molecule has 4 nitrogen and oxygen atoms in total. The van der Waals surface area contributed by atoms with Crippen molar-refractivity contribution in [2.45, 2.75) is 12.3 Å². The molecule has 0 bridgehead atoms. The van der Waals surface area contributed by atoms with Crippen LogP contribution in [0.3, 0.4) is 0 Å². The van der Waals surface area contributed by atoms with Crippen molar-refractivity contribution in [2.75, 3.05) is 0 Å². The Morgan fingerprint density at radius 1 is 0.509 bits per heavy atom. The first-order valence-corrected chi connectivity index (χ1v) is 19.3. The van der Waals surface area contributed by atoms with Gasteiger partial charge in [-0.05, 0) is 92.4 Å². The maximum atomic E-state index is 6.82. The molecule has 0 saturated carbocycles. The quantitative estimate of drug-likeness (QED) is 0.160. The second-order valence-corrected chi connectivity index (χ2v) is 14.8. The van der Waals surface area contributed by atoms with Crippen LogP contribution >= 0.6 is 0 Å². The number of hydrogen-bond acceptors (Lipinski definition) is 4. The molecule has 7 aromatic carbocycles. The van der Waals surface area contributed by atoms with Gasteiger partial charge in [0.1, 0.15) is 11.2 Å². The molecular formula is C53H35N3O. The predicted molar refractivity (Wildman–Crippen MR) is 233 cm³/mol. The van der Waals surface area contributed by atoms with Crippen molar-refractivity contribution in [2.24, 2.45) is 0 Å². The zero-order chi connectivity index (χ0) is 38.1. The van der Waals surface area contributed by atoms with Crippen molar-refractivity contribution in [3.05, 3.63) is 217 Å². The molecule has 0 unspecified atom stereocenters. The molecule has 0 aliphatic heterocycles. The average molecular weight is 730 g/mol. The van der Waals surface area contributed by atoms with E-state index < -0.39 is 5.41 Å². The lowest BCUT2D eigenvalue weighted by molar-refractivity contribution is 0.669. The highest BCUT2D eigenvalue weighted by Gasteiger charge is 2.51. The summed E-state index contributed by atoms with van der Waals surface area (Å²) in [7, 11) is 0. The number of hydrogen-bond donors (Lipinski definition) is 0. The summed E-state index contributed by atoms with van der Waals surface area (Å²) in [5, 5.41) is 2.06. The predicted octanol–water partition coefficient (Wildman–Crippen LogP) is 13.3.